The average molecular weight is 341 g/mol. The Morgan fingerprint density at radius 3 is 2.68 bits per heavy atom. The lowest BCUT2D eigenvalue weighted by molar-refractivity contribution is 0.0773. The van der Waals surface area contributed by atoms with E-state index in [1.165, 1.54) is 11.3 Å². The molecular formula is C15H21ClN4OS. The highest BCUT2D eigenvalue weighted by Crippen LogP contribution is 2.18. The molecule has 0 radical (unpaired) electrons. The van der Waals surface area contributed by atoms with Crippen molar-refractivity contribution in [3.05, 3.63) is 40.9 Å². The number of aromatic nitrogens is 1. The maximum atomic E-state index is 12.3. The molecule has 0 bridgehead atoms. The minimum absolute atomic E-state index is 0. The highest BCUT2D eigenvalue weighted by atomic mass is 35.5. The first-order valence-corrected chi connectivity index (χ1v) is 7.79. The second-order valence-corrected chi connectivity index (χ2v) is 5.72. The van der Waals surface area contributed by atoms with Gasteiger partial charge in [0.1, 0.15) is 0 Å². The molecule has 0 aliphatic rings. The smallest absolute Gasteiger partial charge is 0.253 e. The van der Waals surface area contributed by atoms with Crippen LogP contribution in [-0.4, -0.2) is 28.9 Å². The second kappa shape index (κ2) is 8.60. The number of rotatable bonds is 6. The lowest BCUT2D eigenvalue weighted by Crippen LogP contribution is -2.30. The summed E-state index contributed by atoms with van der Waals surface area (Å²) in [5.41, 5.74) is 7.22. The van der Waals surface area contributed by atoms with Gasteiger partial charge in [0, 0.05) is 35.4 Å². The van der Waals surface area contributed by atoms with Crippen molar-refractivity contribution < 1.29 is 4.79 Å². The second-order valence-electron chi connectivity index (χ2n) is 4.58. The van der Waals surface area contributed by atoms with Crippen LogP contribution in [0.4, 0.5) is 10.8 Å². The number of carbonyl (C=O) groups is 1. The van der Waals surface area contributed by atoms with E-state index in [-0.39, 0.29) is 18.3 Å². The van der Waals surface area contributed by atoms with E-state index in [0.29, 0.717) is 30.3 Å². The first kappa shape index (κ1) is 18.3. The van der Waals surface area contributed by atoms with Gasteiger partial charge in [0.05, 0.1) is 6.54 Å². The Hall–Kier alpha value is -1.79. The van der Waals surface area contributed by atoms with E-state index >= 15 is 0 Å². The molecule has 0 aliphatic carbocycles. The largest absolute Gasteiger partial charge is 0.380 e. The van der Waals surface area contributed by atoms with Gasteiger partial charge in [-0.05, 0) is 32.0 Å². The minimum Gasteiger partial charge on any atom is -0.380 e. The predicted molar refractivity (Wildman–Crippen MR) is 94.8 cm³/mol. The number of amides is 1. The van der Waals surface area contributed by atoms with Gasteiger partial charge in [0.15, 0.2) is 5.13 Å². The summed E-state index contributed by atoms with van der Waals surface area (Å²) in [6, 6.07) is 7.56. The van der Waals surface area contributed by atoms with Gasteiger partial charge in [-0.3, -0.25) is 4.79 Å². The van der Waals surface area contributed by atoms with Crippen LogP contribution in [0, 0.1) is 0 Å². The van der Waals surface area contributed by atoms with Crippen LogP contribution in [0.5, 0.6) is 0 Å². The third-order valence-electron chi connectivity index (χ3n) is 3.20. The van der Waals surface area contributed by atoms with Crippen molar-refractivity contribution in [3.8, 4) is 0 Å². The molecule has 7 heteroatoms. The molecule has 1 aromatic heterocycles. The molecular weight excluding hydrogens is 320 g/mol. The number of nitrogen functional groups attached to an aromatic ring is 1. The van der Waals surface area contributed by atoms with Crippen LogP contribution in [0.15, 0.2) is 30.5 Å². The standard InChI is InChI=1S/C15H20N4OS.ClH/c1-3-19(4-2)14(20)11-6-5-7-12(8-11)17-9-13-10-18-15(16)21-13;/h5-8,10,17H,3-4,9H2,1-2H3,(H2,16,18);1H. The zero-order valence-electron chi connectivity index (χ0n) is 12.7. The highest BCUT2D eigenvalue weighted by Gasteiger charge is 2.12. The summed E-state index contributed by atoms with van der Waals surface area (Å²) in [6.07, 6.45) is 1.76. The van der Waals surface area contributed by atoms with Crippen LogP contribution in [-0.2, 0) is 6.54 Å². The van der Waals surface area contributed by atoms with E-state index in [9.17, 15) is 4.79 Å². The van der Waals surface area contributed by atoms with Crippen molar-refractivity contribution in [1.29, 1.82) is 0 Å². The average Bonchev–Trinajstić information content (AvgIpc) is 2.92. The summed E-state index contributed by atoms with van der Waals surface area (Å²) in [5, 5.41) is 3.86. The molecule has 0 saturated carbocycles. The number of hydrogen-bond donors (Lipinski definition) is 2. The predicted octanol–water partition coefficient (Wildman–Crippen LogP) is 3.24. The molecule has 3 N–H and O–H groups in total. The highest BCUT2D eigenvalue weighted by molar-refractivity contribution is 7.15. The van der Waals surface area contributed by atoms with E-state index in [0.717, 1.165) is 10.6 Å². The number of benzene rings is 1. The third kappa shape index (κ3) is 4.61. The van der Waals surface area contributed by atoms with Gasteiger partial charge in [-0.15, -0.1) is 23.7 Å². The number of halogens is 1. The summed E-state index contributed by atoms with van der Waals surface area (Å²) >= 11 is 1.46. The maximum absolute atomic E-state index is 12.3. The Morgan fingerprint density at radius 2 is 2.09 bits per heavy atom. The Labute approximate surface area is 141 Å². The molecule has 0 atom stereocenters. The van der Waals surface area contributed by atoms with E-state index in [4.69, 9.17) is 5.73 Å². The Kier molecular flexibility index (Phi) is 7.14. The van der Waals surface area contributed by atoms with Gasteiger partial charge in [0.2, 0.25) is 0 Å². The molecule has 1 aromatic carbocycles. The normalized spacial score (nSPS) is 9.91. The summed E-state index contributed by atoms with van der Waals surface area (Å²) in [5.74, 6) is 0.0608. The zero-order chi connectivity index (χ0) is 15.2. The number of nitrogens with two attached hydrogens (primary N) is 1. The van der Waals surface area contributed by atoms with Gasteiger partial charge in [-0.2, -0.15) is 0 Å². The summed E-state index contributed by atoms with van der Waals surface area (Å²) in [6.45, 7) is 6.05. The summed E-state index contributed by atoms with van der Waals surface area (Å²) < 4.78 is 0. The Bertz CT molecular complexity index is 613. The van der Waals surface area contributed by atoms with Crippen molar-refractivity contribution in [3.63, 3.8) is 0 Å². The molecule has 0 fully saturated rings. The molecule has 2 aromatic rings. The lowest BCUT2D eigenvalue weighted by Gasteiger charge is -2.19. The molecule has 2 rings (SSSR count). The van der Waals surface area contributed by atoms with E-state index in [1.54, 1.807) is 6.20 Å². The van der Waals surface area contributed by atoms with E-state index < -0.39 is 0 Å². The molecule has 0 unspecified atom stereocenters. The Morgan fingerprint density at radius 1 is 1.36 bits per heavy atom. The number of nitrogens with zero attached hydrogens (tertiary/aromatic N) is 2. The van der Waals surface area contributed by atoms with Crippen LogP contribution in [0.2, 0.25) is 0 Å². The Balaban J connectivity index is 0.00000242. The molecule has 120 valence electrons. The molecule has 5 nitrogen and oxygen atoms in total. The summed E-state index contributed by atoms with van der Waals surface area (Å²) in [7, 11) is 0. The fourth-order valence-corrected chi connectivity index (χ4v) is 2.67. The number of carbonyl (C=O) groups excluding carboxylic acids is 1. The summed E-state index contributed by atoms with van der Waals surface area (Å²) in [4.78, 5) is 19.2. The quantitative estimate of drug-likeness (QED) is 0.846. The molecule has 1 amide bonds. The third-order valence-corrected chi connectivity index (χ3v) is 4.02. The zero-order valence-corrected chi connectivity index (χ0v) is 14.3. The molecule has 0 aliphatic heterocycles. The number of thiazole rings is 1. The monoisotopic (exact) mass is 340 g/mol. The maximum Gasteiger partial charge on any atom is 0.253 e. The van der Waals surface area contributed by atoms with Gasteiger partial charge in [0.25, 0.3) is 5.91 Å². The van der Waals surface area contributed by atoms with Crippen molar-refractivity contribution in [2.24, 2.45) is 0 Å². The van der Waals surface area contributed by atoms with Crippen LogP contribution >= 0.6 is 23.7 Å². The first-order chi connectivity index (χ1) is 10.1. The van der Waals surface area contributed by atoms with Crippen molar-refractivity contribution in [2.45, 2.75) is 20.4 Å². The fraction of sp³-hybridized carbons (Fsp3) is 0.333. The van der Waals surface area contributed by atoms with Crippen LogP contribution in [0.1, 0.15) is 29.1 Å². The number of hydrogen-bond acceptors (Lipinski definition) is 5. The topological polar surface area (TPSA) is 71.2 Å². The van der Waals surface area contributed by atoms with Gasteiger partial charge >= 0.3 is 0 Å². The van der Waals surface area contributed by atoms with Crippen molar-refractivity contribution >= 4 is 40.5 Å². The SMILES string of the molecule is CCN(CC)C(=O)c1cccc(NCc2cnc(N)s2)c1.Cl. The van der Waals surface area contributed by atoms with E-state index in [2.05, 4.69) is 10.3 Å². The number of nitrogens with one attached hydrogen (secondary N) is 1. The van der Waals surface area contributed by atoms with Gasteiger partial charge in [-0.1, -0.05) is 6.07 Å². The van der Waals surface area contributed by atoms with Crippen LogP contribution in [0.3, 0.4) is 0 Å². The molecule has 22 heavy (non-hydrogen) atoms. The lowest BCUT2D eigenvalue weighted by atomic mass is 10.1. The van der Waals surface area contributed by atoms with Gasteiger partial charge < -0.3 is 16.0 Å². The first-order valence-electron chi connectivity index (χ1n) is 6.97. The molecule has 0 spiro atoms. The minimum atomic E-state index is 0. The fourth-order valence-electron chi connectivity index (χ4n) is 2.05. The van der Waals surface area contributed by atoms with Crippen LogP contribution < -0.4 is 11.1 Å². The van der Waals surface area contributed by atoms with Gasteiger partial charge in [-0.25, -0.2) is 4.98 Å². The van der Waals surface area contributed by atoms with Crippen molar-refractivity contribution in [1.82, 2.24) is 9.88 Å². The van der Waals surface area contributed by atoms with Crippen molar-refractivity contribution in [2.75, 3.05) is 24.1 Å². The molecule has 0 saturated heterocycles. The van der Waals surface area contributed by atoms with Crippen LogP contribution in [0.25, 0.3) is 0 Å². The van der Waals surface area contributed by atoms with E-state index in [1.807, 2.05) is 43.0 Å². The number of anilines is 2. The molecule has 1 heterocycles.